The van der Waals surface area contributed by atoms with Crippen molar-refractivity contribution in [2.75, 3.05) is 13.2 Å². The number of halogens is 1. The maximum atomic E-state index is 12.6. The first kappa shape index (κ1) is 23.9. The number of thioether (sulfide) groups is 1. The fraction of sp³-hybridized carbons (Fsp3) is 0.200. The molecule has 2 aromatic rings. The van der Waals surface area contributed by atoms with Gasteiger partial charge in [-0.2, -0.15) is 0 Å². The van der Waals surface area contributed by atoms with Gasteiger partial charge < -0.3 is 9.47 Å². The first-order chi connectivity index (χ1) is 15.5. The molecule has 0 spiro atoms. The van der Waals surface area contributed by atoms with Crippen molar-refractivity contribution in [1.82, 2.24) is 4.90 Å². The molecule has 1 fully saturated rings. The van der Waals surface area contributed by atoms with Crippen LogP contribution in [-0.4, -0.2) is 29.2 Å². The summed E-state index contributed by atoms with van der Waals surface area (Å²) in [6.45, 7) is 10.4. The van der Waals surface area contributed by atoms with Crippen LogP contribution in [0.2, 0.25) is 0 Å². The van der Waals surface area contributed by atoms with Gasteiger partial charge in [-0.15, -0.1) is 13.2 Å². The molecule has 32 heavy (non-hydrogen) atoms. The minimum absolute atomic E-state index is 0.191. The van der Waals surface area contributed by atoms with Crippen LogP contribution < -0.4 is 9.47 Å². The van der Waals surface area contributed by atoms with E-state index in [0.717, 1.165) is 32.9 Å². The van der Waals surface area contributed by atoms with E-state index in [9.17, 15) is 9.59 Å². The Morgan fingerprint density at radius 1 is 1.09 bits per heavy atom. The Morgan fingerprint density at radius 2 is 1.84 bits per heavy atom. The molecule has 166 valence electrons. The van der Waals surface area contributed by atoms with E-state index >= 15 is 0 Å². The zero-order chi connectivity index (χ0) is 23.1. The van der Waals surface area contributed by atoms with Crippen molar-refractivity contribution in [2.45, 2.75) is 20.0 Å². The van der Waals surface area contributed by atoms with Gasteiger partial charge in [0.2, 0.25) is 0 Å². The molecule has 2 aromatic carbocycles. The number of imide groups is 1. The highest BCUT2D eigenvalue weighted by Gasteiger charge is 2.34. The topological polar surface area (TPSA) is 55.8 Å². The van der Waals surface area contributed by atoms with Gasteiger partial charge in [0.15, 0.2) is 11.5 Å². The normalized spacial score (nSPS) is 14.7. The maximum absolute atomic E-state index is 12.6. The van der Waals surface area contributed by atoms with E-state index in [1.54, 1.807) is 12.2 Å². The summed E-state index contributed by atoms with van der Waals surface area (Å²) in [4.78, 5) is 26.2. The third-order valence-electron chi connectivity index (χ3n) is 4.60. The molecule has 0 atom stereocenters. The Morgan fingerprint density at radius 3 is 2.50 bits per heavy atom. The zero-order valence-electron chi connectivity index (χ0n) is 17.8. The Hall–Kier alpha value is -2.77. The van der Waals surface area contributed by atoms with Crippen molar-refractivity contribution < 1.29 is 19.1 Å². The third kappa shape index (κ3) is 5.72. The van der Waals surface area contributed by atoms with Crippen molar-refractivity contribution in [2.24, 2.45) is 0 Å². The summed E-state index contributed by atoms with van der Waals surface area (Å²) in [6, 6.07) is 11.7. The summed E-state index contributed by atoms with van der Waals surface area (Å²) in [5, 5.41) is -0.299. The second-order valence-electron chi connectivity index (χ2n) is 6.93. The first-order valence-corrected chi connectivity index (χ1v) is 11.7. The van der Waals surface area contributed by atoms with Crippen LogP contribution in [0, 0.1) is 0 Å². The Bertz CT molecular complexity index is 1060. The Labute approximate surface area is 200 Å². The number of hydrogen-bond donors (Lipinski definition) is 0. The van der Waals surface area contributed by atoms with Crippen LogP contribution in [0.3, 0.4) is 0 Å². The van der Waals surface area contributed by atoms with Gasteiger partial charge in [0.05, 0.1) is 11.5 Å². The average Bonchev–Trinajstić information content (AvgIpc) is 3.02. The van der Waals surface area contributed by atoms with E-state index in [4.69, 9.17) is 9.47 Å². The van der Waals surface area contributed by atoms with Crippen LogP contribution in [0.25, 0.3) is 6.08 Å². The van der Waals surface area contributed by atoms with Crippen LogP contribution >= 0.6 is 27.7 Å². The number of rotatable bonds is 10. The van der Waals surface area contributed by atoms with E-state index in [1.165, 1.54) is 11.0 Å². The molecule has 1 aliphatic heterocycles. The fourth-order valence-corrected chi connectivity index (χ4v) is 4.29. The predicted molar refractivity (Wildman–Crippen MR) is 133 cm³/mol. The SMILES string of the molecule is C=CCc1cc(/C=C2/SC(=O)N(CC=C)C2=O)cc(OCC)c1OCc1ccc(Br)cc1. The highest BCUT2D eigenvalue weighted by molar-refractivity contribution is 9.10. The monoisotopic (exact) mass is 513 g/mol. The molecule has 1 saturated heterocycles. The van der Waals surface area contributed by atoms with Gasteiger partial charge in [-0.05, 0) is 66.6 Å². The highest BCUT2D eigenvalue weighted by Crippen LogP contribution is 2.37. The molecule has 0 saturated carbocycles. The van der Waals surface area contributed by atoms with Crippen LogP contribution in [0.15, 0.2) is 71.1 Å². The van der Waals surface area contributed by atoms with Gasteiger partial charge in [0.25, 0.3) is 11.1 Å². The summed E-state index contributed by atoms with van der Waals surface area (Å²) in [5.41, 5.74) is 2.67. The smallest absolute Gasteiger partial charge is 0.293 e. The van der Waals surface area contributed by atoms with E-state index < -0.39 is 0 Å². The number of hydrogen-bond acceptors (Lipinski definition) is 5. The van der Waals surface area contributed by atoms with Crippen LogP contribution in [0.1, 0.15) is 23.6 Å². The summed E-state index contributed by atoms with van der Waals surface area (Å²) >= 11 is 4.36. The zero-order valence-corrected chi connectivity index (χ0v) is 20.2. The van der Waals surface area contributed by atoms with E-state index in [1.807, 2.05) is 43.3 Å². The second kappa shape index (κ2) is 11.2. The quantitative estimate of drug-likeness (QED) is 0.272. The molecule has 0 bridgehead atoms. The molecule has 5 nitrogen and oxygen atoms in total. The fourth-order valence-electron chi connectivity index (χ4n) is 3.17. The summed E-state index contributed by atoms with van der Waals surface area (Å²) in [7, 11) is 0. The van der Waals surface area contributed by atoms with E-state index in [0.29, 0.717) is 36.0 Å². The molecule has 7 heteroatoms. The lowest BCUT2D eigenvalue weighted by atomic mass is 10.0. The molecule has 0 radical (unpaired) electrons. The van der Waals surface area contributed by atoms with Crippen LogP contribution in [0.4, 0.5) is 4.79 Å². The lowest BCUT2D eigenvalue weighted by Crippen LogP contribution is -2.27. The molecular weight excluding hydrogens is 490 g/mol. The average molecular weight is 514 g/mol. The third-order valence-corrected chi connectivity index (χ3v) is 6.03. The lowest BCUT2D eigenvalue weighted by molar-refractivity contribution is -0.122. The second-order valence-corrected chi connectivity index (χ2v) is 8.84. The molecule has 0 unspecified atom stereocenters. The first-order valence-electron chi connectivity index (χ1n) is 10.1. The number of ether oxygens (including phenoxy) is 2. The summed E-state index contributed by atoms with van der Waals surface area (Å²) in [6.07, 6.45) is 5.60. The van der Waals surface area contributed by atoms with Gasteiger partial charge in [-0.3, -0.25) is 14.5 Å². The minimum Gasteiger partial charge on any atom is -0.490 e. The number of amides is 2. The van der Waals surface area contributed by atoms with Gasteiger partial charge >= 0.3 is 0 Å². The van der Waals surface area contributed by atoms with Gasteiger partial charge in [-0.25, -0.2) is 0 Å². The highest BCUT2D eigenvalue weighted by atomic mass is 79.9. The van der Waals surface area contributed by atoms with Crippen LogP contribution in [0.5, 0.6) is 11.5 Å². The molecule has 0 aromatic heterocycles. The van der Waals surface area contributed by atoms with Crippen LogP contribution in [-0.2, 0) is 17.8 Å². The maximum Gasteiger partial charge on any atom is 0.293 e. The number of allylic oxidation sites excluding steroid dienone is 1. The number of benzene rings is 2. The van der Waals surface area contributed by atoms with Crippen molar-refractivity contribution >= 4 is 44.9 Å². The number of nitrogens with zero attached hydrogens (tertiary/aromatic N) is 1. The van der Waals surface area contributed by atoms with E-state index in [-0.39, 0.29) is 17.7 Å². The van der Waals surface area contributed by atoms with Gasteiger partial charge in [-0.1, -0.05) is 40.2 Å². The molecule has 0 N–H and O–H groups in total. The standard InChI is InChI=1S/C25H24BrNO4S/c1-4-7-19-13-18(15-22-24(28)27(12-5-2)25(29)32-22)14-21(30-6-3)23(19)31-16-17-8-10-20(26)11-9-17/h4-5,8-11,13-15H,1-2,6-7,12,16H2,3H3/b22-15+. The number of carbonyl (C=O) groups excluding carboxylic acids is 2. The molecule has 2 amide bonds. The molecule has 3 rings (SSSR count). The predicted octanol–water partition coefficient (Wildman–Crippen LogP) is 6.38. The van der Waals surface area contributed by atoms with Gasteiger partial charge in [0.1, 0.15) is 6.61 Å². The molecule has 0 aliphatic carbocycles. The Kier molecular flexibility index (Phi) is 8.36. The number of carbonyl (C=O) groups is 2. The molecule has 1 heterocycles. The Balaban J connectivity index is 1.94. The van der Waals surface area contributed by atoms with E-state index in [2.05, 4.69) is 29.1 Å². The largest absolute Gasteiger partial charge is 0.490 e. The van der Waals surface area contributed by atoms with Crippen molar-refractivity contribution in [1.29, 1.82) is 0 Å². The molecule has 1 aliphatic rings. The minimum atomic E-state index is -0.321. The summed E-state index contributed by atoms with van der Waals surface area (Å²) < 4.78 is 13.0. The van der Waals surface area contributed by atoms with Crippen molar-refractivity contribution in [3.63, 3.8) is 0 Å². The van der Waals surface area contributed by atoms with Gasteiger partial charge in [0, 0.05) is 16.6 Å². The summed E-state index contributed by atoms with van der Waals surface area (Å²) in [5.74, 6) is 0.908. The van der Waals surface area contributed by atoms with Crippen molar-refractivity contribution in [3.8, 4) is 11.5 Å². The molecular formula is C25H24BrNO4S. The van der Waals surface area contributed by atoms with Crippen molar-refractivity contribution in [3.05, 3.63) is 87.8 Å². The lowest BCUT2D eigenvalue weighted by Gasteiger charge is -2.17.